The van der Waals surface area contributed by atoms with E-state index in [-0.39, 0.29) is 29.5 Å². The average molecular weight is 560 g/mol. The van der Waals surface area contributed by atoms with E-state index in [9.17, 15) is 14.7 Å². The number of carbonyl (C=O) groups is 2. The van der Waals surface area contributed by atoms with Crippen molar-refractivity contribution in [3.05, 3.63) is 107 Å². The van der Waals surface area contributed by atoms with Gasteiger partial charge in [-0.15, -0.1) is 0 Å². The van der Waals surface area contributed by atoms with Crippen LogP contribution in [-0.2, 0) is 4.79 Å². The molecule has 3 heterocycles. The zero-order chi connectivity index (χ0) is 27.7. The first-order chi connectivity index (χ1) is 18.7. The number of rotatable bonds is 7. The molecule has 1 aliphatic heterocycles. The van der Waals surface area contributed by atoms with E-state index in [0.717, 1.165) is 17.1 Å². The summed E-state index contributed by atoms with van der Waals surface area (Å²) in [6.45, 7) is 3.63. The van der Waals surface area contributed by atoms with Gasteiger partial charge in [-0.25, -0.2) is 4.79 Å². The predicted molar refractivity (Wildman–Crippen MR) is 156 cm³/mol. The van der Waals surface area contributed by atoms with Crippen LogP contribution in [0.4, 0.5) is 11.4 Å². The van der Waals surface area contributed by atoms with Crippen LogP contribution in [0.3, 0.4) is 0 Å². The van der Waals surface area contributed by atoms with Crippen LogP contribution in [0.15, 0.2) is 85.2 Å². The van der Waals surface area contributed by atoms with Crippen molar-refractivity contribution in [2.45, 2.75) is 25.9 Å². The monoisotopic (exact) mass is 559 g/mol. The number of hydrogen-bond acceptors (Lipinski definition) is 4. The SMILES string of the molecule is CC(C)C(=O)Nc1ccc(N2C(=S)N[C@@H](c3ccccn3)[C@H]2c2cccn2-c2cccc(C(=O)O)c2)cc1Cl. The Hall–Kier alpha value is -4.21. The van der Waals surface area contributed by atoms with Gasteiger partial charge in [0, 0.05) is 35.4 Å². The molecule has 8 nitrogen and oxygen atoms in total. The summed E-state index contributed by atoms with van der Waals surface area (Å²) in [5.74, 6) is -1.31. The number of thiocarbonyl (C=S) groups is 1. The molecule has 10 heteroatoms. The second-order valence-corrected chi connectivity index (χ2v) is 10.3. The van der Waals surface area contributed by atoms with Gasteiger partial charge >= 0.3 is 5.97 Å². The van der Waals surface area contributed by atoms with E-state index in [0.29, 0.717) is 21.5 Å². The van der Waals surface area contributed by atoms with Crippen molar-refractivity contribution in [2.75, 3.05) is 10.2 Å². The van der Waals surface area contributed by atoms with E-state index < -0.39 is 5.97 Å². The van der Waals surface area contributed by atoms with Crippen LogP contribution < -0.4 is 15.5 Å². The molecular formula is C29H26ClN5O3S. The Morgan fingerprint density at radius 3 is 2.56 bits per heavy atom. The topological polar surface area (TPSA) is 99.5 Å². The van der Waals surface area contributed by atoms with Gasteiger partial charge in [-0.3, -0.25) is 9.78 Å². The molecule has 5 rings (SSSR count). The molecule has 1 aliphatic rings. The maximum atomic E-state index is 12.2. The zero-order valence-electron chi connectivity index (χ0n) is 21.2. The number of carboxylic acids is 1. The minimum Gasteiger partial charge on any atom is -0.478 e. The summed E-state index contributed by atoms with van der Waals surface area (Å²) in [5.41, 5.74) is 3.81. The first-order valence-electron chi connectivity index (χ1n) is 12.4. The van der Waals surface area contributed by atoms with E-state index >= 15 is 0 Å². The second-order valence-electron chi connectivity index (χ2n) is 9.46. The van der Waals surface area contributed by atoms with Gasteiger partial charge in [0.2, 0.25) is 5.91 Å². The van der Waals surface area contributed by atoms with Crippen molar-refractivity contribution in [3.8, 4) is 5.69 Å². The maximum absolute atomic E-state index is 12.2. The van der Waals surface area contributed by atoms with Crippen LogP contribution in [0.1, 0.15) is 47.7 Å². The summed E-state index contributed by atoms with van der Waals surface area (Å²) < 4.78 is 1.95. The van der Waals surface area contributed by atoms with E-state index in [4.69, 9.17) is 23.8 Å². The third-order valence-corrected chi connectivity index (χ3v) is 7.19. The van der Waals surface area contributed by atoms with Crippen LogP contribution in [0, 0.1) is 5.92 Å². The Morgan fingerprint density at radius 2 is 1.87 bits per heavy atom. The Kier molecular flexibility index (Phi) is 7.36. The highest BCUT2D eigenvalue weighted by Gasteiger charge is 2.42. The Balaban J connectivity index is 1.61. The van der Waals surface area contributed by atoms with Gasteiger partial charge in [-0.05, 0) is 72.9 Å². The third-order valence-electron chi connectivity index (χ3n) is 6.57. The summed E-state index contributed by atoms with van der Waals surface area (Å²) in [6.07, 6.45) is 3.63. The van der Waals surface area contributed by atoms with E-state index in [1.165, 1.54) is 0 Å². The fourth-order valence-corrected chi connectivity index (χ4v) is 5.19. The summed E-state index contributed by atoms with van der Waals surface area (Å²) in [4.78, 5) is 30.5. The largest absolute Gasteiger partial charge is 0.478 e. The van der Waals surface area contributed by atoms with Crippen molar-refractivity contribution >= 4 is 52.2 Å². The molecule has 0 saturated carbocycles. The molecule has 198 valence electrons. The van der Waals surface area contributed by atoms with Gasteiger partial charge in [-0.1, -0.05) is 37.6 Å². The summed E-state index contributed by atoms with van der Waals surface area (Å²) in [5, 5.41) is 16.7. The number of carboxylic acid groups (broad SMARTS) is 1. The van der Waals surface area contributed by atoms with E-state index in [1.807, 2.05) is 72.0 Å². The number of pyridine rings is 1. The lowest BCUT2D eigenvalue weighted by Crippen LogP contribution is -2.30. The number of benzene rings is 2. The first-order valence-corrected chi connectivity index (χ1v) is 13.1. The quantitative estimate of drug-likeness (QED) is 0.239. The number of aromatic nitrogens is 2. The lowest BCUT2D eigenvalue weighted by molar-refractivity contribution is -0.118. The molecule has 1 fully saturated rings. The molecule has 4 aromatic rings. The van der Waals surface area contributed by atoms with Crippen molar-refractivity contribution in [1.29, 1.82) is 0 Å². The van der Waals surface area contributed by atoms with Crippen LogP contribution in [0.5, 0.6) is 0 Å². The lowest BCUT2D eigenvalue weighted by atomic mass is 10.0. The van der Waals surface area contributed by atoms with Gasteiger partial charge in [-0.2, -0.15) is 0 Å². The maximum Gasteiger partial charge on any atom is 0.335 e. The Bertz CT molecular complexity index is 1560. The fraction of sp³-hybridized carbons (Fsp3) is 0.172. The highest BCUT2D eigenvalue weighted by Crippen LogP contribution is 2.43. The van der Waals surface area contributed by atoms with Gasteiger partial charge < -0.3 is 25.2 Å². The van der Waals surface area contributed by atoms with Crippen molar-refractivity contribution in [3.63, 3.8) is 0 Å². The molecule has 0 bridgehead atoms. The minimum absolute atomic E-state index is 0.127. The van der Waals surface area contributed by atoms with Crippen LogP contribution in [0.2, 0.25) is 5.02 Å². The number of halogens is 1. The second kappa shape index (κ2) is 10.9. The summed E-state index contributed by atoms with van der Waals surface area (Å²) in [6, 6.07) is 21.1. The fourth-order valence-electron chi connectivity index (χ4n) is 4.62. The average Bonchev–Trinajstić information content (AvgIpc) is 3.54. The number of anilines is 2. The number of nitrogens with one attached hydrogen (secondary N) is 2. The van der Waals surface area contributed by atoms with Gasteiger partial charge in [0.15, 0.2) is 5.11 Å². The Morgan fingerprint density at radius 1 is 1.05 bits per heavy atom. The number of nitrogens with zero attached hydrogens (tertiary/aromatic N) is 3. The Labute approximate surface area is 236 Å². The summed E-state index contributed by atoms with van der Waals surface area (Å²) >= 11 is 12.5. The first kappa shape index (κ1) is 26.4. The lowest BCUT2D eigenvalue weighted by Gasteiger charge is -2.29. The molecule has 1 amide bonds. The molecule has 2 atom stereocenters. The van der Waals surface area contributed by atoms with Crippen molar-refractivity contribution in [2.24, 2.45) is 5.92 Å². The molecule has 0 spiro atoms. The standard InChI is InChI=1S/C29H26ClN5O3S/c1-17(2)27(36)32-22-12-11-20(16-21(22)30)35-26(25(33-29(35)39)23-9-3-4-13-31-23)24-10-6-14-34(24)19-8-5-7-18(15-19)28(37)38/h3-17,25-26H,1-2H3,(H,32,36)(H,33,39)(H,37,38)/t25-,26+/m0/s1. The molecule has 0 aliphatic carbocycles. The van der Waals surface area contributed by atoms with Gasteiger partial charge in [0.25, 0.3) is 0 Å². The van der Waals surface area contributed by atoms with Crippen LogP contribution in [-0.4, -0.2) is 31.6 Å². The normalized spacial score (nSPS) is 16.8. The molecular weight excluding hydrogens is 534 g/mol. The number of amides is 1. The van der Waals surface area contributed by atoms with Crippen LogP contribution in [0.25, 0.3) is 5.69 Å². The predicted octanol–water partition coefficient (Wildman–Crippen LogP) is 6.00. The zero-order valence-corrected chi connectivity index (χ0v) is 22.8. The molecule has 0 radical (unpaired) electrons. The van der Waals surface area contributed by atoms with Crippen LogP contribution >= 0.6 is 23.8 Å². The molecule has 2 aromatic carbocycles. The smallest absolute Gasteiger partial charge is 0.335 e. The number of hydrogen-bond donors (Lipinski definition) is 3. The number of carbonyl (C=O) groups excluding carboxylic acids is 1. The van der Waals surface area contributed by atoms with E-state index in [2.05, 4.69) is 15.6 Å². The van der Waals surface area contributed by atoms with Gasteiger partial charge in [0.05, 0.1) is 28.0 Å². The summed E-state index contributed by atoms with van der Waals surface area (Å²) in [7, 11) is 0. The molecule has 0 unspecified atom stereocenters. The molecule has 3 N–H and O–H groups in total. The minimum atomic E-state index is -0.999. The number of aromatic carboxylic acids is 1. The van der Waals surface area contributed by atoms with Gasteiger partial charge in [0.1, 0.15) is 6.04 Å². The molecule has 2 aromatic heterocycles. The van der Waals surface area contributed by atoms with Crippen molar-refractivity contribution < 1.29 is 14.7 Å². The highest BCUT2D eigenvalue weighted by molar-refractivity contribution is 7.80. The van der Waals surface area contributed by atoms with Crippen molar-refractivity contribution in [1.82, 2.24) is 14.9 Å². The highest BCUT2D eigenvalue weighted by atomic mass is 35.5. The molecule has 1 saturated heterocycles. The molecule has 39 heavy (non-hydrogen) atoms. The van der Waals surface area contributed by atoms with E-state index in [1.54, 1.807) is 36.5 Å². The third kappa shape index (κ3) is 5.23.